The molecular weight excluding hydrogens is 511 g/mol. The lowest BCUT2D eigenvalue weighted by atomic mass is 9.69. The predicted octanol–water partition coefficient (Wildman–Crippen LogP) is 3.32. The zero-order valence-corrected chi connectivity index (χ0v) is 23.2. The molecule has 1 spiro atoms. The SMILES string of the molecule is CC1CCC2(Cc3nc(OCC45CCCN4CC(F)C5)nc(N4CC(C)(O)C4)c3CO2)c2c1ccc(N)c2C#N. The van der Waals surface area contributed by atoms with Gasteiger partial charge >= 0.3 is 6.01 Å². The minimum atomic E-state index is -0.834. The molecule has 3 fully saturated rings. The molecule has 212 valence electrons. The van der Waals surface area contributed by atoms with Gasteiger partial charge in [0.1, 0.15) is 30.3 Å². The number of ether oxygens (including phenoxy) is 2. The molecule has 2 aromatic rings. The van der Waals surface area contributed by atoms with E-state index < -0.39 is 17.4 Å². The highest BCUT2D eigenvalue weighted by Crippen LogP contribution is 2.51. The quantitative estimate of drug-likeness (QED) is 0.554. The van der Waals surface area contributed by atoms with Crippen molar-refractivity contribution in [2.75, 3.05) is 43.4 Å². The van der Waals surface area contributed by atoms with Gasteiger partial charge in [0.15, 0.2) is 0 Å². The molecule has 4 unspecified atom stereocenters. The Balaban J connectivity index is 1.27. The maximum atomic E-state index is 14.4. The molecule has 1 aliphatic carbocycles. The van der Waals surface area contributed by atoms with Crippen molar-refractivity contribution in [3.63, 3.8) is 0 Å². The van der Waals surface area contributed by atoms with Gasteiger partial charge in [-0.1, -0.05) is 13.0 Å². The first-order chi connectivity index (χ1) is 19.1. The van der Waals surface area contributed by atoms with Gasteiger partial charge in [-0.3, -0.25) is 4.90 Å². The van der Waals surface area contributed by atoms with E-state index in [1.807, 2.05) is 24.0 Å². The number of nitrogen functional groups attached to an aromatic ring is 1. The number of halogens is 1. The van der Waals surface area contributed by atoms with Gasteiger partial charge in [0.25, 0.3) is 0 Å². The number of nitrogens with two attached hydrogens (primary N) is 1. The lowest BCUT2D eigenvalue weighted by molar-refractivity contribution is -0.0875. The van der Waals surface area contributed by atoms with E-state index in [0.717, 1.165) is 60.4 Å². The van der Waals surface area contributed by atoms with Gasteiger partial charge in [0, 0.05) is 49.3 Å². The number of nitriles is 1. The lowest BCUT2D eigenvalue weighted by Gasteiger charge is -2.48. The Labute approximate surface area is 234 Å². The number of benzene rings is 1. The first-order valence-corrected chi connectivity index (χ1v) is 14.5. The summed E-state index contributed by atoms with van der Waals surface area (Å²) in [5.41, 5.74) is 9.15. The van der Waals surface area contributed by atoms with E-state index >= 15 is 0 Å². The van der Waals surface area contributed by atoms with E-state index in [0.29, 0.717) is 62.9 Å². The van der Waals surface area contributed by atoms with Crippen LogP contribution in [0.1, 0.15) is 79.8 Å². The van der Waals surface area contributed by atoms with Crippen LogP contribution in [0.4, 0.5) is 15.9 Å². The smallest absolute Gasteiger partial charge is 0.318 e. The number of aliphatic hydroxyl groups is 1. The zero-order chi connectivity index (χ0) is 27.9. The van der Waals surface area contributed by atoms with Crippen molar-refractivity contribution in [2.45, 2.75) is 87.8 Å². The van der Waals surface area contributed by atoms with Crippen LogP contribution in [0, 0.1) is 11.3 Å². The van der Waals surface area contributed by atoms with Gasteiger partial charge < -0.3 is 25.2 Å². The van der Waals surface area contributed by atoms with Crippen molar-refractivity contribution in [3.8, 4) is 12.1 Å². The van der Waals surface area contributed by atoms with E-state index in [1.165, 1.54) is 0 Å². The number of rotatable bonds is 4. The third-order valence-electron chi connectivity index (χ3n) is 9.94. The average molecular weight is 549 g/mol. The van der Waals surface area contributed by atoms with Crippen molar-refractivity contribution in [1.82, 2.24) is 14.9 Å². The summed E-state index contributed by atoms with van der Waals surface area (Å²) in [6.45, 7) is 6.90. The van der Waals surface area contributed by atoms with Crippen LogP contribution in [-0.4, -0.2) is 70.1 Å². The Morgan fingerprint density at radius 3 is 2.90 bits per heavy atom. The van der Waals surface area contributed by atoms with Gasteiger partial charge in [0.05, 0.1) is 29.0 Å². The molecule has 5 heterocycles. The monoisotopic (exact) mass is 548 g/mol. The van der Waals surface area contributed by atoms with Crippen molar-refractivity contribution in [3.05, 3.63) is 40.1 Å². The van der Waals surface area contributed by atoms with Crippen LogP contribution < -0.4 is 15.4 Å². The van der Waals surface area contributed by atoms with Crippen LogP contribution >= 0.6 is 0 Å². The molecule has 1 aromatic heterocycles. The summed E-state index contributed by atoms with van der Waals surface area (Å²) in [7, 11) is 0. The fraction of sp³-hybridized carbons (Fsp3) is 0.633. The zero-order valence-electron chi connectivity index (χ0n) is 23.2. The Morgan fingerprint density at radius 1 is 1.30 bits per heavy atom. The summed E-state index contributed by atoms with van der Waals surface area (Å²) in [4.78, 5) is 14.0. The molecule has 4 atom stereocenters. The number of fused-ring (bicyclic) bond motifs is 4. The van der Waals surface area contributed by atoms with Crippen LogP contribution in [0.15, 0.2) is 12.1 Å². The maximum Gasteiger partial charge on any atom is 0.318 e. The van der Waals surface area contributed by atoms with Crippen LogP contribution in [0.25, 0.3) is 0 Å². The third-order valence-corrected chi connectivity index (χ3v) is 9.94. The van der Waals surface area contributed by atoms with Gasteiger partial charge in [0.2, 0.25) is 0 Å². The van der Waals surface area contributed by atoms with Crippen molar-refractivity contribution >= 4 is 11.5 Å². The number of hydrogen-bond donors (Lipinski definition) is 2. The van der Waals surface area contributed by atoms with E-state index in [4.69, 9.17) is 25.2 Å². The van der Waals surface area contributed by atoms with Crippen LogP contribution in [0.2, 0.25) is 0 Å². The second kappa shape index (κ2) is 9.00. The predicted molar refractivity (Wildman–Crippen MR) is 147 cm³/mol. The average Bonchev–Trinajstić information content (AvgIpc) is 3.43. The molecular formula is C30H37FN6O3. The number of β-amino-alcohol motifs (C(OH)–C–C–N with tert-alkyl or cyclic N) is 1. The van der Waals surface area contributed by atoms with Gasteiger partial charge in [-0.25, -0.2) is 4.39 Å². The molecule has 1 aromatic carbocycles. The fourth-order valence-electron chi connectivity index (χ4n) is 7.93. The summed E-state index contributed by atoms with van der Waals surface area (Å²) >= 11 is 0. The molecule has 4 aliphatic heterocycles. The number of aromatic nitrogens is 2. The van der Waals surface area contributed by atoms with E-state index in [9.17, 15) is 14.8 Å². The molecule has 0 radical (unpaired) electrons. The van der Waals surface area contributed by atoms with E-state index in [2.05, 4.69) is 17.9 Å². The third kappa shape index (κ3) is 3.97. The fourth-order valence-corrected chi connectivity index (χ4v) is 7.93. The van der Waals surface area contributed by atoms with E-state index in [1.54, 1.807) is 0 Å². The topological polar surface area (TPSA) is 121 Å². The maximum absolute atomic E-state index is 14.4. The van der Waals surface area contributed by atoms with Crippen LogP contribution in [0.5, 0.6) is 6.01 Å². The largest absolute Gasteiger partial charge is 0.461 e. The van der Waals surface area contributed by atoms with Crippen molar-refractivity contribution in [2.24, 2.45) is 0 Å². The number of hydrogen-bond acceptors (Lipinski definition) is 9. The highest BCUT2D eigenvalue weighted by atomic mass is 19.1. The molecule has 0 saturated carbocycles. The van der Waals surface area contributed by atoms with Crippen LogP contribution in [-0.2, 0) is 23.4 Å². The summed E-state index contributed by atoms with van der Waals surface area (Å²) in [6.07, 6.45) is 3.74. The molecule has 10 heteroatoms. The van der Waals surface area contributed by atoms with E-state index in [-0.39, 0.29) is 11.5 Å². The standard InChI is InChI=1S/C30H37FN6O3/c1-18-6-8-30(25-20(18)4-5-23(33)21(25)12-32)11-24-22(14-40-30)26(36-15-28(2,38)16-36)35-27(34-24)39-17-29-7-3-9-37(29)13-19(31)10-29/h4-5,18-19,38H,3,6-11,13-17,33H2,1-2H3. The highest BCUT2D eigenvalue weighted by molar-refractivity contribution is 5.64. The summed E-state index contributed by atoms with van der Waals surface area (Å²) < 4.78 is 27.4. The normalized spacial score (nSPS) is 32.2. The minimum Gasteiger partial charge on any atom is -0.461 e. The molecule has 40 heavy (non-hydrogen) atoms. The Morgan fingerprint density at radius 2 is 2.12 bits per heavy atom. The molecule has 0 amide bonds. The van der Waals surface area contributed by atoms with Gasteiger partial charge in [-0.2, -0.15) is 15.2 Å². The Bertz CT molecular complexity index is 1400. The second-order valence-corrected chi connectivity index (χ2v) is 13.0. The Hall–Kier alpha value is -3.00. The minimum absolute atomic E-state index is 0.276. The summed E-state index contributed by atoms with van der Waals surface area (Å²) in [6, 6.07) is 6.48. The molecule has 0 bridgehead atoms. The summed E-state index contributed by atoms with van der Waals surface area (Å²) in [5.74, 6) is 1.01. The first kappa shape index (κ1) is 25.9. The Kier molecular flexibility index (Phi) is 5.84. The van der Waals surface area contributed by atoms with Gasteiger partial charge in [-0.05, 0) is 56.7 Å². The molecule has 3 N–H and O–H groups in total. The molecule has 9 nitrogen and oxygen atoms in total. The molecule has 7 rings (SSSR count). The highest BCUT2D eigenvalue weighted by Gasteiger charge is 2.50. The first-order valence-electron chi connectivity index (χ1n) is 14.5. The number of anilines is 2. The molecule has 3 saturated heterocycles. The van der Waals surface area contributed by atoms with Crippen molar-refractivity contribution < 1.29 is 19.0 Å². The second-order valence-electron chi connectivity index (χ2n) is 13.0. The lowest BCUT2D eigenvalue weighted by Crippen LogP contribution is -2.60. The number of alkyl halides is 1. The number of nitrogens with zero attached hydrogens (tertiary/aromatic N) is 5. The molecule has 5 aliphatic rings. The van der Waals surface area contributed by atoms with Crippen molar-refractivity contribution in [1.29, 1.82) is 5.26 Å². The summed E-state index contributed by atoms with van der Waals surface area (Å²) in [5, 5.41) is 20.6. The van der Waals surface area contributed by atoms with Crippen LogP contribution in [0.3, 0.4) is 0 Å². The van der Waals surface area contributed by atoms with Gasteiger partial charge in [-0.15, -0.1) is 0 Å².